The van der Waals surface area contributed by atoms with Gasteiger partial charge in [-0.15, -0.1) is 0 Å². The SMILES string of the molecule is COCCCNC(=O)C(C)=Cc1ccccc1. The van der Waals surface area contributed by atoms with Crippen LogP contribution in [0.5, 0.6) is 0 Å². The van der Waals surface area contributed by atoms with E-state index in [0.29, 0.717) is 18.7 Å². The normalized spacial score (nSPS) is 11.3. The highest BCUT2D eigenvalue weighted by molar-refractivity contribution is 5.97. The summed E-state index contributed by atoms with van der Waals surface area (Å²) < 4.78 is 4.91. The first-order valence-corrected chi connectivity index (χ1v) is 5.74. The monoisotopic (exact) mass is 233 g/mol. The molecule has 0 heterocycles. The van der Waals surface area contributed by atoms with Crippen LogP contribution < -0.4 is 5.32 Å². The summed E-state index contributed by atoms with van der Waals surface area (Å²) in [4.78, 5) is 11.7. The Morgan fingerprint density at radius 3 is 2.71 bits per heavy atom. The Labute approximate surface area is 102 Å². The molecule has 17 heavy (non-hydrogen) atoms. The third-order valence-electron chi connectivity index (χ3n) is 2.35. The number of amides is 1. The van der Waals surface area contributed by atoms with Gasteiger partial charge in [-0.2, -0.15) is 0 Å². The van der Waals surface area contributed by atoms with E-state index in [4.69, 9.17) is 4.74 Å². The zero-order valence-electron chi connectivity index (χ0n) is 10.4. The molecule has 0 unspecified atom stereocenters. The summed E-state index contributed by atoms with van der Waals surface area (Å²) in [6.45, 7) is 3.13. The number of hydrogen-bond donors (Lipinski definition) is 1. The van der Waals surface area contributed by atoms with Gasteiger partial charge >= 0.3 is 0 Å². The number of benzene rings is 1. The second-order valence-electron chi connectivity index (χ2n) is 3.84. The molecule has 92 valence electrons. The summed E-state index contributed by atoms with van der Waals surface area (Å²) in [5.74, 6) is -0.0232. The van der Waals surface area contributed by atoms with Crippen molar-refractivity contribution < 1.29 is 9.53 Å². The standard InChI is InChI=1S/C14H19NO2/c1-12(11-13-7-4-3-5-8-13)14(16)15-9-6-10-17-2/h3-5,7-8,11H,6,9-10H2,1-2H3,(H,15,16). The lowest BCUT2D eigenvalue weighted by molar-refractivity contribution is -0.117. The van der Waals surface area contributed by atoms with E-state index in [1.807, 2.05) is 43.3 Å². The summed E-state index contributed by atoms with van der Waals surface area (Å²) in [5.41, 5.74) is 1.76. The molecule has 0 saturated heterocycles. The Bertz CT molecular complexity index is 371. The molecule has 0 bridgehead atoms. The number of methoxy groups -OCH3 is 1. The Balaban J connectivity index is 2.44. The fourth-order valence-corrected chi connectivity index (χ4v) is 1.42. The highest BCUT2D eigenvalue weighted by atomic mass is 16.5. The van der Waals surface area contributed by atoms with E-state index in [1.165, 1.54) is 0 Å². The predicted octanol–water partition coefficient (Wildman–Crippen LogP) is 2.24. The Hall–Kier alpha value is -1.61. The fourth-order valence-electron chi connectivity index (χ4n) is 1.42. The summed E-state index contributed by atoms with van der Waals surface area (Å²) >= 11 is 0. The Kier molecular flexibility index (Phi) is 6.04. The van der Waals surface area contributed by atoms with Crippen molar-refractivity contribution in [1.29, 1.82) is 0 Å². The van der Waals surface area contributed by atoms with Crippen molar-refractivity contribution in [3.8, 4) is 0 Å². The van der Waals surface area contributed by atoms with E-state index in [0.717, 1.165) is 12.0 Å². The minimum absolute atomic E-state index is 0.0232. The largest absolute Gasteiger partial charge is 0.385 e. The predicted molar refractivity (Wildman–Crippen MR) is 69.6 cm³/mol. The van der Waals surface area contributed by atoms with Crippen LogP contribution in [0.1, 0.15) is 18.9 Å². The zero-order chi connectivity index (χ0) is 12.5. The van der Waals surface area contributed by atoms with Crippen LogP contribution >= 0.6 is 0 Å². The van der Waals surface area contributed by atoms with Crippen LogP contribution in [0, 0.1) is 0 Å². The van der Waals surface area contributed by atoms with E-state index >= 15 is 0 Å². The van der Waals surface area contributed by atoms with Crippen LogP contribution in [-0.4, -0.2) is 26.2 Å². The molecule has 0 aliphatic rings. The molecule has 1 aromatic carbocycles. The molecule has 0 radical (unpaired) electrons. The molecule has 0 aliphatic carbocycles. The lowest BCUT2D eigenvalue weighted by atomic mass is 10.1. The molecule has 0 aliphatic heterocycles. The molecule has 3 heteroatoms. The lowest BCUT2D eigenvalue weighted by Gasteiger charge is -2.05. The topological polar surface area (TPSA) is 38.3 Å². The van der Waals surface area contributed by atoms with E-state index in [2.05, 4.69) is 5.32 Å². The maximum atomic E-state index is 11.7. The molecule has 0 fully saturated rings. The van der Waals surface area contributed by atoms with Gasteiger partial charge in [0.05, 0.1) is 0 Å². The first-order valence-electron chi connectivity index (χ1n) is 5.74. The van der Waals surface area contributed by atoms with Gasteiger partial charge in [-0.05, 0) is 25.0 Å². The number of carbonyl (C=O) groups excluding carboxylic acids is 1. The molecular formula is C14H19NO2. The number of ether oxygens (including phenoxy) is 1. The maximum absolute atomic E-state index is 11.7. The van der Waals surface area contributed by atoms with Gasteiger partial charge in [0.25, 0.3) is 0 Å². The van der Waals surface area contributed by atoms with Gasteiger partial charge in [0.15, 0.2) is 0 Å². The van der Waals surface area contributed by atoms with Gasteiger partial charge in [0.1, 0.15) is 0 Å². The average Bonchev–Trinajstić information content (AvgIpc) is 2.35. The van der Waals surface area contributed by atoms with Gasteiger partial charge in [0, 0.05) is 25.8 Å². The van der Waals surface area contributed by atoms with Crippen LogP contribution in [0.4, 0.5) is 0 Å². The first kappa shape index (κ1) is 13.5. The molecule has 0 saturated carbocycles. The highest BCUT2D eigenvalue weighted by Crippen LogP contribution is 2.05. The summed E-state index contributed by atoms with van der Waals surface area (Å²) in [7, 11) is 1.66. The van der Waals surface area contributed by atoms with Crippen molar-refractivity contribution in [2.75, 3.05) is 20.3 Å². The van der Waals surface area contributed by atoms with E-state index in [9.17, 15) is 4.79 Å². The van der Waals surface area contributed by atoms with Gasteiger partial charge in [-0.3, -0.25) is 4.79 Å². The lowest BCUT2D eigenvalue weighted by Crippen LogP contribution is -2.25. The molecule has 0 atom stereocenters. The average molecular weight is 233 g/mol. The smallest absolute Gasteiger partial charge is 0.246 e. The minimum atomic E-state index is -0.0232. The van der Waals surface area contributed by atoms with Gasteiger partial charge in [-0.25, -0.2) is 0 Å². The number of hydrogen-bond acceptors (Lipinski definition) is 2. The van der Waals surface area contributed by atoms with Crippen molar-refractivity contribution in [3.63, 3.8) is 0 Å². The van der Waals surface area contributed by atoms with E-state index in [1.54, 1.807) is 7.11 Å². The summed E-state index contributed by atoms with van der Waals surface area (Å²) in [6.07, 6.45) is 2.71. The van der Waals surface area contributed by atoms with E-state index in [-0.39, 0.29) is 5.91 Å². The molecule has 1 rings (SSSR count). The third kappa shape index (κ3) is 5.31. The van der Waals surface area contributed by atoms with Gasteiger partial charge in [-0.1, -0.05) is 30.3 Å². The molecule has 1 amide bonds. The van der Waals surface area contributed by atoms with Crippen LogP contribution in [0.3, 0.4) is 0 Å². The minimum Gasteiger partial charge on any atom is -0.385 e. The Morgan fingerprint density at radius 1 is 1.35 bits per heavy atom. The van der Waals surface area contributed by atoms with Crippen molar-refractivity contribution in [2.45, 2.75) is 13.3 Å². The van der Waals surface area contributed by atoms with Crippen LogP contribution in [0.25, 0.3) is 6.08 Å². The van der Waals surface area contributed by atoms with Crippen molar-refractivity contribution in [1.82, 2.24) is 5.32 Å². The number of rotatable bonds is 6. The van der Waals surface area contributed by atoms with Crippen LogP contribution in [0.2, 0.25) is 0 Å². The third-order valence-corrected chi connectivity index (χ3v) is 2.35. The second-order valence-corrected chi connectivity index (χ2v) is 3.84. The molecular weight excluding hydrogens is 214 g/mol. The highest BCUT2D eigenvalue weighted by Gasteiger charge is 2.02. The van der Waals surface area contributed by atoms with Crippen LogP contribution in [0.15, 0.2) is 35.9 Å². The number of carbonyl (C=O) groups is 1. The molecule has 0 aromatic heterocycles. The van der Waals surface area contributed by atoms with Crippen LogP contribution in [-0.2, 0) is 9.53 Å². The zero-order valence-corrected chi connectivity index (χ0v) is 10.4. The quantitative estimate of drug-likeness (QED) is 0.604. The van der Waals surface area contributed by atoms with Gasteiger partial charge in [0.2, 0.25) is 5.91 Å². The fraction of sp³-hybridized carbons (Fsp3) is 0.357. The summed E-state index contributed by atoms with van der Waals surface area (Å²) in [5, 5.41) is 2.85. The van der Waals surface area contributed by atoms with E-state index < -0.39 is 0 Å². The molecule has 0 spiro atoms. The second kappa shape index (κ2) is 7.63. The summed E-state index contributed by atoms with van der Waals surface area (Å²) in [6, 6.07) is 9.81. The maximum Gasteiger partial charge on any atom is 0.246 e. The van der Waals surface area contributed by atoms with Crippen molar-refractivity contribution >= 4 is 12.0 Å². The number of nitrogens with one attached hydrogen (secondary N) is 1. The molecule has 1 N–H and O–H groups in total. The van der Waals surface area contributed by atoms with Crippen molar-refractivity contribution in [3.05, 3.63) is 41.5 Å². The van der Waals surface area contributed by atoms with Crippen molar-refractivity contribution in [2.24, 2.45) is 0 Å². The molecule has 1 aromatic rings. The Morgan fingerprint density at radius 2 is 2.06 bits per heavy atom. The van der Waals surface area contributed by atoms with Gasteiger partial charge < -0.3 is 10.1 Å². The molecule has 3 nitrogen and oxygen atoms in total. The first-order chi connectivity index (χ1) is 8.24.